The second-order valence-electron chi connectivity index (χ2n) is 3.08. The molecule has 0 radical (unpaired) electrons. The molecule has 0 bridgehead atoms. The SMILES string of the molecule is CCSc1sc2ccccc2c1SCC. The van der Waals surface area contributed by atoms with E-state index in [1.165, 1.54) is 19.2 Å². The molecule has 0 nitrogen and oxygen atoms in total. The van der Waals surface area contributed by atoms with E-state index in [9.17, 15) is 0 Å². The van der Waals surface area contributed by atoms with Gasteiger partial charge in [0.2, 0.25) is 0 Å². The average molecular weight is 254 g/mol. The van der Waals surface area contributed by atoms with Gasteiger partial charge in [-0.2, -0.15) is 0 Å². The summed E-state index contributed by atoms with van der Waals surface area (Å²) >= 11 is 5.86. The van der Waals surface area contributed by atoms with Crippen molar-refractivity contribution in [3.63, 3.8) is 0 Å². The number of benzene rings is 1. The molecule has 0 N–H and O–H groups in total. The fourth-order valence-electron chi connectivity index (χ4n) is 1.51. The summed E-state index contributed by atoms with van der Waals surface area (Å²) in [5, 5.41) is 1.44. The van der Waals surface area contributed by atoms with Gasteiger partial charge in [-0.1, -0.05) is 32.0 Å². The van der Waals surface area contributed by atoms with Gasteiger partial charge in [-0.25, -0.2) is 0 Å². The predicted molar refractivity (Wildman–Crippen MR) is 74.6 cm³/mol. The van der Waals surface area contributed by atoms with Crippen LogP contribution >= 0.6 is 34.9 Å². The molecule has 0 saturated carbocycles. The van der Waals surface area contributed by atoms with Gasteiger partial charge in [0.05, 0.1) is 4.21 Å². The normalized spacial score (nSPS) is 11.1. The third-order valence-electron chi connectivity index (χ3n) is 2.08. The fraction of sp³-hybridized carbons (Fsp3) is 0.333. The summed E-state index contributed by atoms with van der Waals surface area (Å²) in [6.45, 7) is 4.44. The highest BCUT2D eigenvalue weighted by Crippen LogP contribution is 2.43. The molecule has 0 aliphatic heterocycles. The summed E-state index contributed by atoms with van der Waals surface area (Å²) in [7, 11) is 0. The topological polar surface area (TPSA) is 0 Å². The largest absolute Gasteiger partial charge is 0.128 e. The van der Waals surface area contributed by atoms with Crippen LogP contribution in [-0.2, 0) is 0 Å². The molecule has 2 aromatic rings. The van der Waals surface area contributed by atoms with Gasteiger partial charge in [0, 0.05) is 15.0 Å². The molecule has 15 heavy (non-hydrogen) atoms. The molecule has 0 spiro atoms. The minimum atomic E-state index is 1.15. The van der Waals surface area contributed by atoms with Gasteiger partial charge in [-0.05, 0) is 17.6 Å². The summed E-state index contributed by atoms with van der Waals surface area (Å²) in [4.78, 5) is 1.49. The van der Waals surface area contributed by atoms with Crippen molar-refractivity contribution in [2.75, 3.05) is 11.5 Å². The Hall–Kier alpha value is -0.120. The number of hydrogen-bond donors (Lipinski definition) is 0. The Morgan fingerprint density at radius 2 is 1.80 bits per heavy atom. The van der Waals surface area contributed by atoms with Crippen molar-refractivity contribution in [2.24, 2.45) is 0 Å². The summed E-state index contributed by atoms with van der Waals surface area (Å²) in [6, 6.07) is 8.72. The van der Waals surface area contributed by atoms with Gasteiger partial charge < -0.3 is 0 Å². The molecule has 2 rings (SSSR count). The van der Waals surface area contributed by atoms with Gasteiger partial charge in [0.1, 0.15) is 0 Å². The maximum absolute atomic E-state index is 2.24. The van der Waals surface area contributed by atoms with Crippen LogP contribution in [0.2, 0.25) is 0 Å². The summed E-state index contributed by atoms with van der Waals surface area (Å²) < 4.78 is 2.91. The maximum atomic E-state index is 2.24. The first-order valence-corrected chi connectivity index (χ1v) is 7.92. The number of thiophene rings is 1. The monoisotopic (exact) mass is 254 g/mol. The standard InChI is InChI=1S/C12H14S3/c1-3-13-11-9-7-5-6-8-10(9)15-12(11)14-4-2/h5-8H,3-4H2,1-2H3. The third kappa shape index (κ3) is 2.35. The van der Waals surface area contributed by atoms with Crippen LogP contribution < -0.4 is 0 Å². The number of rotatable bonds is 4. The lowest BCUT2D eigenvalue weighted by Gasteiger charge is -2.00. The number of thioether (sulfide) groups is 2. The Balaban J connectivity index is 2.53. The minimum absolute atomic E-state index is 1.15. The molecule has 0 saturated heterocycles. The molecule has 0 amide bonds. The second kappa shape index (κ2) is 5.28. The Labute approximate surface area is 103 Å². The van der Waals surface area contributed by atoms with Gasteiger partial charge in [0.15, 0.2) is 0 Å². The molecule has 0 atom stereocenters. The van der Waals surface area contributed by atoms with Crippen LogP contribution in [0.5, 0.6) is 0 Å². The van der Waals surface area contributed by atoms with E-state index in [1.54, 1.807) is 0 Å². The van der Waals surface area contributed by atoms with E-state index >= 15 is 0 Å². The first-order chi connectivity index (χ1) is 7.36. The molecule has 0 unspecified atom stereocenters. The van der Waals surface area contributed by atoms with Crippen molar-refractivity contribution >= 4 is 44.9 Å². The van der Waals surface area contributed by atoms with Crippen LogP contribution in [0, 0.1) is 0 Å². The fourth-order valence-corrected chi connectivity index (χ4v) is 5.16. The molecule has 1 aromatic heterocycles. The highest BCUT2D eigenvalue weighted by atomic mass is 32.2. The highest BCUT2D eigenvalue weighted by Gasteiger charge is 2.11. The molecular weight excluding hydrogens is 240 g/mol. The van der Waals surface area contributed by atoms with Crippen LogP contribution in [0.25, 0.3) is 10.1 Å². The number of fused-ring (bicyclic) bond motifs is 1. The number of hydrogen-bond acceptors (Lipinski definition) is 3. The predicted octanol–water partition coefficient (Wildman–Crippen LogP) is 5.13. The molecule has 0 fully saturated rings. The zero-order chi connectivity index (χ0) is 10.7. The van der Waals surface area contributed by atoms with Crippen LogP contribution in [-0.4, -0.2) is 11.5 Å². The molecule has 0 aliphatic carbocycles. The van der Waals surface area contributed by atoms with Crippen molar-refractivity contribution in [3.8, 4) is 0 Å². The summed E-state index contributed by atoms with van der Waals surface area (Å²) in [6.07, 6.45) is 0. The van der Waals surface area contributed by atoms with E-state index in [0.29, 0.717) is 0 Å². The zero-order valence-corrected chi connectivity index (χ0v) is 11.4. The lowest BCUT2D eigenvalue weighted by molar-refractivity contribution is 1.40. The van der Waals surface area contributed by atoms with E-state index in [4.69, 9.17) is 0 Å². The molecular formula is C12H14S3. The first kappa shape index (κ1) is 11.4. The quantitative estimate of drug-likeness (QED) is 0.694. The molecule has 1 aromatic carbocycles. The molecule has 3 heteroatoms. The third-order valence-corrected chi connectivity index (χ3v) is 5.67. The average Bonchev–Trinajstić information content (AvgIpc) is 2.59. The van der Waals surface area contributed by atoms with Crippen molar-refractivity contribution in [1.29, 1.82) is 0 Å². The zero-order valence-electron chi connectivity index (χ0n) is 8.95. The van der Waals surface area contributed by atoms with Crippen LogP contribution in [0.1, 0.15) is 13.8 Å². The molecule has 80 valence electrons. The van der Waals surface area contributed by atoms with Crippen molar-refractivity contribution in [2.45, 2.75) is 23.0 Å². The van der Waals surface area contributed by atoms with Crippen molar-refractivity contribution in [3.05, 3.63) is 24.3 Å². The van der Waals surface area contributed by atoms with Gasteiger partial charge in [0.25, 0.3) is 0 Å². The van der Waals surface area contributed by atoms with Gasteiger partial charge in [-0.3, -0.25) is 0 Å². The molecule has 0 aliphatic rings. The molecule has 1 heterocycles. The Morgan fingerprint density at radius 3 is 2.53 bits per heavy atom. The van der Waals surface area contributed by atoms with Gasteiger partial charge >= 0.3 is 0 Å². The summed E-state index contributed by atoms with van der Waals surface area (Å²) in [5.41, 5.74) is 0. The lowest BCUT2D eigenvalue weighted by Crippen LogP contribution is -1.74. The smallest absolute Gasteiger partial charge is 0.0747 e. The van der Waals surface area contributed by atoms with E-state index in [2.05, 4.69) is 38.1 Å². The first-order valence-electron chi connectivity index (χ1n) is 5.14. The summed E-state index contributed by atoms with van der Waals surface area (Å²) in [5.74, 6) is 2.31. The second-order valence-corrected chi connectivity index (χ2v) is 6.94. The van der Waals surface area contributed by atoms with E-state index in [-0.39, 0.29) is 0 Å². The Bertz CT molecular complexity index is 445. The Kier molecular flexibility index (Phi) is 4.00. The highest BCUT2D eigenvalue weighted by molar-refractivity contribution is 8.03. The van der Waals surface area contributed by atoms with Crippen LogP contribution in [0.15, 0.2) is 33.4 Å². The maximum Gasteiger partial charge on any atom is 0.0747 e. The van der Waals surface area contributed by atoms with Crippen molar-refractivity contribution < 1.29 is 0 Å². The van der Waals surface area contributed by atoms with E-state index in [1.807, 2.05) is 34.9 Å². The van der Waals surface area contributed by atoms with Gasteiger partial charge in [-0.15, -0.1) is 34.9 Å². The lowest BCUT2D eigenvalue weighted by atomic mass is 10.3. The Morgan fingerprint density at radius 1 is 1.07 bits per heavy atom. The van der Waals surface area contributed by atoms with Crippen molar-refractivity contribution in [1.82, 2.24) is 0 Å². The van der Waals surface area contributed by atoms with Crippen LogP contribution in [0.4, 0.5) is 0 Å². The minimum Gasteiger partial charge on any atom is -0.128 e. The van der Waals surface area contributed by atoms with E-state index in [0.717, 1.165) is 11.5 Å². The van der Waals surface area contributed by atoms with Crippen LogP contribution in [0.3, 0.4) is 0 Å². The van der Waals surface area contributed by atoms with E-state index < -0.39 is 0 Å².